The summed E-state index contributed by atoms with van der Waals surface area (Å²) in [6.45, 7) is 0. The molecule has 0 unspecified atom stereocenters. The van der Waals surface area contributed by atoms with Gasteiger partial charge in [0.25, 0.3) is 0 Å². The van der Waals surface area contributed by atoms with Crippen LogP contribution in [-0.2, 0) is 0 Å². The van der Waals surface area contributed by atoms with Crippen molar-refractivity contribution in [2.75, 3.05) is 5.43 Å². The topological polar surface area (TPSA) is 24.4 Å². The third-order valence-corrected chi connectivity index (χ3v) is 3.58. The molecule has 19 heavy (non-hydrogen) atoms. The molecule has 0 atom stereocenters. The molecular formula is C13H8Cl4N2. The smallest absolute Gasteiger partial charge is 0.0613 e. The molecule has 0 saturated carbocycles. The molecule has 2 nitrogen and oxygen atoms in total. The van der Waals surface area contributed by atoms with Gasteiger partial charge in [-0.15, -0.1) is 0 Å². The second-order valence-electron chi connectivity index (χ2n) is 3.66. The number of hydrazone groups is 1. The first-order valence-electron chi connectivity index (χ1n) is 5.25. The molecule has 0 bridgehead atoms. The summed E-state index contributed by atoms with van der Waals surface area (Å²) in [6.07, 6.45) is 1.60. The van der Waals surface area contributed by atoms with E-state index < -0.39 is 0 Å². The van der Waals surface area contributed by atoms with Crippen LogP contribution in [0, 0.1) is 0 Å². The van der Waals surface area contributed by atoms with Crippen LogP contribution in [-0.4, -0.2) is 6.21 Å². The Labute approximate surface area is 130 Å². The van der Waals surface area contributed by atoms with E-state index in [1.165, 1.54) is 0 Å². The molecule has 0 aliphatic carbocycles. The molecular weight excluding hydrogens is 326 g/mol. The molecule has 98 valence electrons. The van der Waals surface area contributed by atoms with E-state index in [-0.39, 0.29) is 0 Å². The molecule has 0 fully saturated rings. The number of anilines is 1. The van der Waals surface area contributed by atoms with Gasteiger partial charge in [0, 0.05) is 10.6 Å². The summed E-state index contributed by atoms with van der Waals surface area (Å²) < 4.78 is 0. The van der Waals surface area contributed by atoms with Crippen molar-refractivity contribution in [1.29, 1.82) is 0 Å². The van der Waals surface area contributed by atoms with Crippen LogP contribution in [0.4, 0.5) is 5.69 Å². The highest BCUT2D eigenvalue weighted by atomic mass is 35.5. The minimum Gasteiger partial charge on any atom is -0.278 e. The van der Waals surface area contributed by atoms with Crippen molar-refractivity contribution in [3.63, 3.8) is 0 Å². The molecule has 2 rings (SSSR count). The Morgan fingerprint density at radius 2 is 1.63 bits per heavy atom. The van der Waals surface area contributed by atoms with E-state index in [1.807, 2.05) is 0 Å². The SMILES string of the molecule is Clc1ccc(/C=N\Nc2ccc(Cl)c(Cl)c2)c(Cl)c1. The van der Waals surface area contributed by atoms with Crippen LogP contribution in [0.25, 0.3) is 0 Å². The minimum absolute atomic E-state index is 0.464. The summed E-state index contributed by atoms with van der Waals surface area (Å²) in [5, 5.41) is 6.15. The van der Waals surface area contributed by atoms with Crippen molar-refractivity contribution in [2.45, 2.75) is 0 Å². The lowest BCUT2D eigenvalue weighted by Gasteiger charge is -2.02. The first kappa shape index (κ1) is 14.5. The largest absolute Gasteiger partial charge is 0.278 e. The third kappa shape index (κ3) is 4.02. The summed E-state index contributed by atoms with van der Waals surface area (Å²) in [6, 6.07) is 10.3. The van der Waals surface area contributed by atoms with E-state index in [0.29, 0.717) is 20.1 Å². The van der Waals surface area contributed by atoms with Crippen LogP contribution in [0.1, 0.15) is 5.56 Å². The minimum atomic E-state index is 0.464. The van der Waals surface area contributed by atoms with Crippen LogP contribution in [0.15, 0.2) is 41.5 Å². The monoisotopic (exact) mass is 332 g/mol. The zero-order valence-electron chi connectivity index (χ0n) is 9.50. The average Bonchev–Trinajstić information content (AvgIpc) is 2.36. The molecule has 0 amide bonds. The van der Waals surface area contributed by atoms with Crippen molar-refractivity contribution in [3.05, 3.63) is 62.1 Å². The number of hydrogen-bond donors (Lipinski definition) is 1. The molecule has 0 saturated heterocycles. The molecule has 0 spiro atoms. The van der Waals surface area contributed by atoms with Crippen LogP contribution >= 0.6 is 46.4 Å². The molecule has 2 aromatic carbocycles. The molecule has 0 aliphatic heterocycles. The lowest BCUT2D eigenvalue weighted by atomic mass is 10.2. The highest BCUT2D eigenvalue weighted by Crippen LogP contribution is 2.25. The molecule has 6 heteroatoms. The number of halogens is 4. The van der Waals surface area contributed by atoms with Gasteiger partial charge in [0.2, 0.25) is 0 Å². The summed E-state index contributed by atoms with van der Waals surface area (Å²) >= 11 is 23.5. The maximum atomic E-state index is 6.02. The predicted octanol–water partition coefficient (Wildman–Crippen LogP) is 5.75. The third-order valence-electron chi connectivity index (χ3n) is 2.28. The number of benzene rings is 2. The Morgan fingerprint density at radius 1 is 0.842 bits per heavy atom. The van der Waals surface area contributed by atoms with Gasteiger partial charge in [-0.25, -0.2) is 0 Å². The van der Waals surface area contributed by atoms with Crippen molar-refractivity contribution in [1.82, 2.24) is 0 Å². The number of hydrogen-bond acceptors (Lipinski definition) is 2. The van der Waals surface area contributed by atoms with Crippen LogP contribution in [0.3, 0.4) is 0 Å². The van der Waals surface area contributed by atoms with Gasteiger partial charge in [-0.05, 0) is 30.3 Å². The average molecular weight is 334 g/mol. The van der Waals surface area contributed by atoms with Crippen LogP contribution in [0.2, 0.25) is 20.1 Å². The first-order valence-corrected chi connectivity index (χ1v) is 6.76. The maximum absolute atomic E-state index is 6.02. The number of nitrogens with one attached hydrogen (secondary N) is 1. The fraction of sp³-hybridized carbons (Fsp3) is 0. The predicted molar refractivity (Wildman–Crippen MR) is 84.1 cm³/mol. The molecule has 1 N–H and O–H groups in total. The Balaban J connectivity index is 2.09. The normalized spacial score (nSPS) is 10.9. The van der Waals surface area contributed by atoms with Crippen molar-refractivity contribution in [2.24, 2.45) is 5.10 Å². The quantitative estimate of drug-likeness (QED) is 0.561. The number of nitrogens with zero attached hydrogens (tertiary/aromatic N) is 1. The van der Waals surface area contributed by atoms with Gasteiger partial charge in [0.1, 0.15) is 0 Å². The molecule has 0 aliphatic rings. The van der Waals surface area contributed by atoms with E-state index in [1.54, 1.807) is 42.6 Å². The zero-order chi connectivity index (χ0) is 13.8. The van der Waals surface area contributed by atoms with Gasteiger partial charge >= 0.3 is 0 Å². The summed E-state index contributed by atoms with van der Waals surface area (Å²) in [5.74, 6) is 0. The van der Waals surface area contributed by atoms with Gasteiger partial charge in [-0.3, -0.25) is 5.43 Å². The Bertz CT molecular complexity index is 626. The Kier molecular flexibility index (Phi) is 4.94. The highest BCUT2D eigenvalue weighted by molar-refractivity contribution is 6.42. The second-order valence-corrected chi connectivity index (χ2v) is 5.32. The van der Waals surface area contributed by atoms with E-state index >= 15 is 0 Å². The number of rotatable bonds is 3. The summed E-state index contributed by atoms with van der Waals surface area (Å²) in [7, 11) is 0. The van der Waals surface area contributed by atoms with Crippen molar-refractivity contribution < 1.29 is 0 Å². The van der Waals surface area contributed by atoms with Crippen LogP contribution < -0.4 is 5.43 Å². The first-order chi connectivity index (χ1) is 9.06. The standard InChI is InChI=1S/C13H8Cl4N2/c14-9-2-1-8(12(16)5-9)7-18-19-10-3-4-11(15)13(17)6-10/h1-7,19H/b18-7-. The molecule has 0 aromatic heterocycles. The summed E-state index contributed by atoms with van der Waals surface area (Å²) in [5.41, 5.74) is 4.33. The van der Waals surface area contributed by atoms with Gasteiger partial charge in [0.05, 0.1) is 27.0 Å². The molecule has 2 aromatic rings. The van der Waals surface area contributed by atoms with E-state index in [9.17, 15) is 0 Å². The van der Waals surface area contributed by atoms with Gasteiger partial charge in [0.15, 0.2) is 0 Å². The second kappa shape index (κ2) is 6.49. The fourth-order valence-corrected chi connectivity index (χ4v) is 2.10. The molecule has 0 heterocycles. The lowest BCUT2D eigenvalue weighted by molar-refractivity contribution is 1.35. The van der Waals surface area contributed by atoms with Gasteiger partial charge < -0.3 is 0 Å². The van der Waals surface area contributed by atoms with Gasteiger partial charge in [-0.2, -0.15) is 5.10 Å². The fourth-order valence-electron chi connectivity index (χ4n) is 1.35. The van der Waals surface area contributed by atoms with Crippen molar-refractivity contribution >= 4 is 58.3 Å². The lowest BCUT2D eigenvalue weighted by Crippen LogP contribution is -1.91. The van der Waals surface area contributed by atoms with Crippen molar-refractivity contribution in [3.8, 4) is 0 Å². The summed E-state index contributed by atoms with van der Waals surface area (Å²) in [4.78, 5) is 0. The Hall–Kier alpha value is -0.930. The highest BCUT2D eigenvalue weighted by Gasteiger charge is 1.99. The van der Waals surface area contributed by atoms with E-state index in [0.717, 1.165) is 11.3 Å². The van der Waals surface area contributed by atoms with E-state index in [2.05, 4.69) is 10.5 Å². The zero-order valence-corrected chi connectivity index (χ0v) is 12.5. The van der Waals surface area contributed by atoms with Gasteiger partial charge in [-0.1, -0.05) is 52.5 Å². The maximum Gasteiger partial charge on any atom is 0.0613 e. The van der Waals surface area contributed by atoms with E-state index in [4.69, 9.17) is 46.4 Å². The van der Waals surface area contributed by atoms with Crippen LogP contribution in [0.5, 0.6) is 0 Å². The molecule has 0 radical (unpaired) electrons. The Morgan fingerprint density at radius 3 is 2.32 bits per heavy atom.